The lowest BCUT2D eigenvalue weighted by Crippen LogP contribution is -2.26. The standard InChI is InChI=1S/C11H17N3O6S/c1-12-21(17,18)5-4-13-8-6-10(19-2)11(20-3)7-9(8)14(15)16/h6-7,12-13H,4-5H2,1-3H3. The van der Waals surface area contributed by atoms with Crippen molar-refractivity contribution in [3.05, 3.63) is 22.2 Å². The van der Waals surface area contributed by atoms with E-state index in [0.717, 1.165) is 0 Å². The third-order valence-electron chi connectivity index (χ3n) is 2.70. The van der Waals surface area contributed by atoms with Gasteiger partial charge in [-0.15, -0.1) is 0 Å². The van der Waals surface area contributed by atoms with Crippen LogP contribution in [0.2, 0.25) is 0 Å². The van der Waals surface area contributed by atoms with Crippen molar-refractivity contribution in [3.63, 3.8) is 0 Å². The molecule has 0 saturated carbocycles. The number of nitrogens with one attached hydrogen (secondary N) is 2. The van der Waals surface area contributed by atoms with E-state index in [1.165, 1.54) is 33.4 Å². The zero-order valence-electron chi connectivity index (χ0n) is 11.9. The zero-order chi connectivity index (χ0) is 16.0. The summed E-state index contributed by atoms with van der Waals surface area (Å²) >= 11 is 0. The lowest BCUT2D eigenvalue weighted by Gasteiger charge is -2.12. The second-order valence-electron chi connectivity index (χ2n) is 3.93. The first-order chi connectivity index (χ1) is 9.84. The van der Waals surface area contributed by atoms with Gasteiger partial charge in [-0.2, -0.15) is 0 Å². The molecule has 21 heavy (non-hydrogen) atoms. The van der Waals surface area contributed by atoms with Gasteiger partial charge >= 0.3 is 0 Å². The van der Waals surface area contributed by atoms with E-state index in [1.54, 1.807) is 0 Å². The normalized spacial score (nSPS) is 11.0. The van der Waals surface area contributed by atoms with Crippen molar-refractivity contribution in [2.75, 3.05) is 38.9 Å². The summed E-state index contributed by atoms with van der Waals surface area (Å²) in [6, 6.07) is 2.61. The van der Waals surface area contributed by atoms with Crippen molar-refractivity contribution < 1.29 is 22.8 Å². The van der Waals surface area contributed by atoms with Gasteiger partial charge in [-0.25, -0.2) is 13.1 Å². The Bertz CT molecular complexity index is 617. The van der Waals surface area contributed by atoms with Crippen molar-refractivity contribution >= 4 is 21.4 Å². The topological polar surface area (TPSA) is 120 Å². The third-order valence-corrected chi connectivity index (χ3v) is 4.06. The van der Waals surface area contributed by atoms with Crippen molar-refractivity contribution in [1.29, 1.82) is 0 Å². The molecular formula is C11H17N3O6S. The Kier molecular flexibility index (Phi) is 5.73. The van der Waals surface area contributed by atoms with E-state index >= 15 is 0 Å². The molecule has 0 heterocycles. The quantitative estimate of drug-likeness (QED) is 0.531. The summed E-state index contributed by atoms with van der Waals surface area (Å²) in [6.07, 6.45) is 0. The van der Waals surface area contributed by atoms with Crippen molar-refractivity contribution in [2.45, 2.75) is 0 Å². The number of ether oxygens (including phenoxy) is 2. The summed E-state index contributed by atoms with van der Waals surface area (Å²) in [6.45, 7) is 0.0134. The van der Waals surface area contributed by atoms with Gasteiger partial charge in [0.25, 0.3) is 5.69 Å². The van der Waals surface area contributed by atoms with Crippen molar-refractivity contribution in [2.24, 2.45) is 0 Å². The average Bonchev–Trinajstić information content (AvgIpc) is 2.46. The molecule has 2 N–H and O–H groups in total. The summed E-state index contributed by atoms with van der Waals surface area (Å²) in [7, 11) is 0.681. The van der Waals surface area contributed by atoms with Gasteiger partial charge in [-0.05, 0) is 7.05 Å². The van der Waals surface area contributed by atoms with Crippen LogP contribution in [0.25, 0.3) is 0 Å². The van der Waals surface area contributed by atoms with E-state index in [4.69, 9.17) is 9.47 Å². The van der Waals surface area contributed by atoms with E-state index in [-0.39, 0.29) is 29.4 Å². The highest BCUT2D eigenvalue weighted by Crippen LogP contribution is 2.37. The summed E-state index contributed by atoms with van der Waals surface area (Å²) in [4.78, 5) is 10.5. The molecule has 0 radical (unpaired) electrons. The van der Waals surface area contributed by atoms with Crippen molar-refractivity contribution in [1.82, 2.24) is 4.72 Å². The maximum absolute atomic E-state index is 11.3. The molecule has 118 valence electrons. The summed E-state index contributed by atoms with van der Waals surface area (Å²) in [5, 5.41) is 13.8. The molecule has 0 spiro atoms. The van der Waals surface area contributed by atoms with Gasteiger partial charge in [-0.1, -0.05) is 0 Å². The van der Waals surface area contributed by atoms with Crippen LogP contribution < -0.4 is 19.5 Å². The van der Waals surface area contributed by atoms with Crippen LogP contribution in [0.4, 0.5) is 11.4 Å². The molecule has 0 fully saturated rings. The fraction of sp³-hybridized carbons (Fsp3) is 0.455. The number of rotatable bonds is 8. The molecule has 0 aliphatic carbocycles. The minimum absolute atomic E-state index is 0.0134. The molecule has 1 aromatic rings. The predicted molar refractivity (Wildman–Crippen MR) is 77.5 cm³/mol. The van der Waals surface area contributed by atoms with Crippen molar-refractivity contribution in [3.8, 4) is 11.5 Å². The molecule has 0 bridgehead atoms. The smallest absolute Gasteiger partial charge is 0.296 e. The summed E-state index contributed by atoms with van der Waals surface area (Å²) in [5.74, 6) is 0.314. The van der Waals surface area contributed by atoms with Crippen LogP contribution in [-0.4, -0.2) is 46.9 Å². The molecule has 0 unspecified atom stereocenters. The Morgan fingerprint density at radius 3 is 2.29 bits per heavy atom. The number of nitro benzene ring substituents is 1. The van der Waals surface area contributed by atoms with E-state index in [2.05, 4.69) is 10.0 Å². The molecule has 1 aromatic carbocycles. The third kappa shape index (κ3) is 4.46. The van der Waals surface area contributed by atoms with E-state index < -0.39 is 14.9 Å². The van der Waals surface area contributed by atoms with Crippen LogP contribution >= 0.6 is 0 Å². The lowest BCUT2D eigenvalue weighted by atomic mass is 10.2. The van der Waals surface area contributed by atoms with Crippen LogP contribution in [0.1, 0.15) is 0 Å². The monoisotopic (exact) mass is 319 g/mol. The first-order valence-corrected chi connectivity index (χ1v) is 7.55. The number of anilines is 1. The molecule has 0 saturated heterocycles. The molecule has 0 aromatic heterocycles. The van der Waals surface area contributed by atoms with Gasteiger partial charge in [0.1, 0.15) is 5.69 Å². The van der Waals surface area contributed by atoms with Crippen LogP contribution in [0.5, 0.6) is 11.5 Å². The van der Waals surface area contributed by atoms with Gasteiger partial charge in [0, 0.05) is 12.6 Å². The highest BCUT2D eigenvalue weighted by Gasteiger charge is 2.19. The molecule has 0 amide bonds. The first-order valence-electron chi connectivity index (χ1n) is 5.90. The molecule has 10 heteroatoms. The highest BCUT2D eigenvalue weighted by atomic mass is 32.2. The van der Waals surface area contributed by atoms with Gasteiger partial charge in [0.05, 0.1) is 31.0 Å². The fourth-order valence-electron chi connectivity index (χ4n) is 1.58. The Labute approximate surface area is 122 Å². The second-order valence-corrected chi connectivity index (χ2v) is 5.98. The average molecular weight is 319 g/mol. The number of benzene rings is 1. The Balaban J connectivity index is 3.02. The molecule has 0 aliphatic heterocycles. The van der Waals surface area contributed by atoms with Crippen LogP contribution in [0, 0.1) is 10.1 Å². The highest BCUT2D eigenvalue weighted by molar-refractivity contribution is 7.89. The number of nitrogens with zero attached hydrogens (tertiary/aromatic N) is 1. The van der Waals surface area contributed by atoms with Gasteiger partial charge < -0.3 is 14.8 Å². The lowest BCUT2D eigenvalue weighted by molar-refractivity contribution is -0.384. The SMILES string of the molecule is CNS(=O)(=O)CCNc1cc(OC)c(OC)cc1[N+](=O)[O-]. The first kappa shape index (κ1) is 17.0. The number of hydrogen-bond donors (Lipinski definition) is 2. The largest absolute Gasteiger partial charge is 0.493 e. The molecule has 9 nitrogen and oxygen atoms in total. The zero-order valence-corrected chi connectivity index (χ0v) is 12.7. The Hall–Kier alpha value is -2.07. The predicted octanol–water partition coefficient (Wildman–Crippen LogP) is 0.573. The van der Waals surface area contributed by atoms with Gasteiger partial charge in [0.15, 0.2) is 11.5 Å². The van der Waals surface area contributed by atoms with E-state index in [9.17, 15) is 18.5 Å². The molecule has 0 aliphatic rings. The maximum Gasteiger partial charge on any atom is 0.296 e. The Morgan fingerprint density at radius 1 is 1.24 bits per heavy atom. The van der Waals surface area contributed by atoms with Gasteiger partial charge in [0.2, 0.25) is 10.0 Å². The number of hydrogen-bond acceptors (Lipinski definition) is 7. The fourth-order valence-corrected chi connectivity index (χ4v) is 2.16. The van der Waals surface area contributed by atoms with Crippen LogP contribution in [0.15, 0.2) is 12.1 Å². The van der Waals surface area contributed by atoms with Crippen LogP contribution in [-0.2, 0) is 10.0 Å². The second kappa shape index (κ2) is 7.09. The summed E-state index contributed by atoms with van der Waals surface area (Å²) in [5.41, 5.74) is -0.0709. The van der Waals surface area contributed by atoms with Crippen LogP contribution in [0.3, 0.4) is 0 Å². The minimum Gasteiger partial charge on any atom is -0.493 e. The molecular weight excluding hydrogens is 302 g/mol. The number of sulfonamides is 1. The van der Waals surface area contributed by atoms with Gasteiger partial charge in [-0.3, -0.25) is 10.1 Å². The number of methoxy groups -OCH3 is 2. The minimum atomic E-state index is -3.39. The maximum atomic E-state index is 11.3. The molecule has 0 atom stereocenters. The number of nitro groups is 1. The van der Waals surface area contributed by atoms with E-state index in [1.807, 2.05) is 0 Å². The Morgan fingerprint density at radius 2 is 1.81 bits per heavy atom. The summed E-state index contributed by atoms with van der Waals surface area (Å²) < 4.78 is 34.8. The molecule has 1 rings (SSSR count). The van der Waals surface area contributed by atoms with E-state index in [0.29, 0.717) is 5.75 Å².